The van der Waals surface area contributed by atoms with E-state index in [1.54, 1.807) is 0 Å². The number of anilines is 1. The van der Waals surface area contributed by atoms with Gasteiger partial charge in [0.25, 0.3) is 0 Å². The van der Waals surface area contributed by atoms with E-state index in [1.807, 2.05) is 0 Å². The number of nitrogens with one attached hydrogen (secondary N) is 2. The molecule has 0 saturated carbocycles. The Labute approximate surface area is 148 Å². The minimum atomic E-state index is -0.794. The topological polar surface area (TPSA) is 87.7 Å². The van der Waals surface area contributed by atoms with Crippen LogP contribution in [0.25, 0.3) is 0 Å². The Bertz CT molecular complexity index is 733. The Hall–Kier alpha value is -2.71. The zero-order valence-electron chi connectivity index (χ0n) is 14.2. The maximum atomic E-state index is 14.5. The Morgan fingerprint density at radius 1 is 1.35 bits per heavy atom. The highest BCUT2D eigenvalue weighted by Crippen LogP contribution is 2.33. The standard InChI is InChI=1S/C17H19F2N3O4/c1-9(23)21-7-12-8-22(17(25)26-12)11-5-13(18)16(14(19)6-11)10-2-3-20-15(24)4-10/h5-6,10,12H,2-4,7-8H2,1H3,(H,20,24)(H,21,23). The number of carbonyl (C=O) groups is 3. The molecule has 2 atom stereocenters. The number of benzene rings is 1. The largest absolute Gasteiger partial charge is 0.442 e. The van der Waals surface area contributed by atoms with Gasteiger partial charge in [-0.15, -0.1) is 0 Å². The van der Waals surface area contributed by atoms with Crippen LogP contribution in [0.1, 0.15) is 31.2 Å². The van der Waals surface area contributed by atoms with Crippen LogP contribution in [0.15, 0.2) is 12.1 Å². The van der Waals surface area contributed by atoms with Gasteiger partial charge >= 0.3 is 6.09 Å². The van der Waals surface area contributed by atoms with Crippen molar-refractivity contribution in [2.24, 2.45) is 0 Å². The molecule has 0 bridgehead atoms. The first-order chi connectivity index (χ1) is 12.3. The fourth-order valence-electron chi connectivity index (χ4n) is 3.24. The van der Waals surface area contributed by atoms with E-state index >= 15 is 0 Å². The molecule has 0 radical (unpaired) electrons. The molecule has 2 aliphatic heterocycles. The lowest BCUT2D eigenvalue weighted by Crippen LogP contribution is -2.34. The number of hydrogen-bond acceptors (Lipinski definition) is 4. The molecular formula is C17H19F2N3O4. The van der Waals surface area contributed by atoms with Crippen LogP contribution in [-0.4, -0.2) is 43.6 Å². The number of cyclic esters (lactones) is 1. The first kappa shape index (κ1) is 18.1. The number of piperidine rings is 1. The van der Waals surface area contributed by atoms with Crippen LogP contribution in [0, 0.1) is 11.6 Å². The molecule has 2 fully saturated rings. The first-order valence-corrected chi connectivity index (χ1v) is 8.33. The summed E-state index contributed by atoms with van der Waals surface area (Å²) in [6.45, 7) is 1.90. The number of ether oxygens (including phenoxy) is 1. The van der Waals surface area contributed by atoms with E-state index in [1.165, 1.54) is 6.92 Å². The van der Waals surface area contributed by atoms with Gasteiger partial charge in [-0.2, -0.15) is 0 Å². The van der Waals surface area contributed by atoms with Crippen LogP contribution in [0.5, 0.6) is 0 Å². The molecule has 0 aromatic heterocycles. The van der Waals surface area contributed by atoms with Gasteiger partial charge in [0.2, 0.25) is 11.8 Å². The zero-order chi connectivity index (χ0) is 18.8. The second kappa shape index (κ2) is 7.27. The molecule has 2 saturated heterocycles. The summed E-state index contributed by atoms with van der Waals surface area (Å²) < 4.78 is 34.2. The van der Waals surface area contributed by atoms with Crippen molar-refractivity contribution in [1.29, 1.82) is 0 Å². The van der Waals surface area contributed by atoms with Gasteiger partial charge in [-0.3, -0.25) is 14.5 Å². The normalized spacial score (nSPS) is 22.8. The number of carbonyl (C=O) groups excluding carboxylic acids is 3. The highest BCUT2D eigenvalue weighted by Gasteiger charge is 2.34. The average Bonchev–Trinajstić information content (AvgIpc) is 2.93. The lowest BCUT2D eigenvalue weighted by Gasteiger charge is -2.24. The van der Waals surface area contributed by atoms with Crippen molar-refractivity contribution in [3.05, 3.63) is 29.3 Å². The molecule has 26 heavy (non-hydrogen) atoms. The molecule has 0 aliphatic carbocycles. The fraction of sp³-hybridized carbons (Fsp3) is 0.471. The number of halogens is 2. The van der Waals surface area contributed by atoms with Gasteiger partial charge in [-0.1, -0.05) is 0 Å². The Morgan fingerprint density at radius 3 is 2.65 bits per heavy atom. The van der Waals surface area contributed by atoms with E-state index in [-0.39, 0.29) is 42.6 Å². The van der Waals surface area contributed by atoms with E-state index in [0.29, 0.717) is 13.0 Å². The summed E-state index contributed by atoms with van der Waals surface area (Å²) >= 11 is 0. The van der Waals surface area contributed by atoms with Crippen LogP contribution in [0.4, 0.5) is 19.3 Å². The van der Waals surface area contributed by atoms with Crippen molar-refractivity contribution in [1.82, 2.24) is 10.6 Å². The van der Waals surface area contributed by atoms with Gasteiger partial charge in [0.1, 0.15) is 17.7 Å². The summed E-state index contributed by atoms with van der Waals surface area (Å²) in [5, 5.41) is 5.15. The summed E-state index contributed by atoms with van der Waals surface area (Å²) in [5.41, 5.74) is -0.0923. The molecule has 0 spiro atoms. The predicted octanol–water partition coefficient (Wildman–Crippen LogP) is 1.42. The fourth-order valence-corrected chi connectivity index (χ4v) is 3.24. The van der Waals surface area contributed by atoms with Crippen molar-refractivity contribution in [2.75, 3.05) is 24.5 Å². The lowest BCUT2D eigenvalue weighted by molar-refractivity contribution is -0.122. The Kier molecular flexibility index (Phi) is 5.06. The molecule has 9 heteroatoms. The van der Waals surface area contributed by atoms with Crippen molar-refractivity contribution in [3.63, 3.8) is 0 Å². The summed E-state index contributed by atoms with van der Waals surface area (Å²) in [7, 11) is 0. The third-order valence-corrected chi connectivity index (χ3v) is 4.48. The molecule has 3 rings (SSSR count). The van der Waals surface area contributed by atoms with Crippen LogP contribution >= 0.6 is 0 Å². The molecule has 2 heterocycles. The van der Waals surface area contributed by atoms with E-state index in [9.17, 15) is 23.2 Å². The Morgan fingerprint density at radius 2 is 2.04 bits per heavy atom. The van der Waals surface area contributed by atoms with E-state index in [2.05, 4.69) is 10.6 Å². The monoisotopic (exact) mass is 367 g/mol. The van der Waals surface area contributed by atoms with Crippen molar-refractivity contribution in [3.8, 4) is 0 Å². The van der Waals surface area contributed by atoms with E-state index < -0.39 is 29.7 Å². The molecule has 1 aromatic carbocycles. The van der Waals surface area contributed by atoms with Gasteiger partial charge in [0, 0.05) is 31.4 Å². The summed E-state index contributed by atoms with van der Waals surface area (Å²) in [6.07, 6.45) is -0.857. The summed E-state index contributed by atoms with van der Waals surface area (Å²) in [4.78, 5) is 35.5. The average molecular weight is 367 g/mol. The highest BCUT2D eigenvalue weighted by atomic mass is 19.1. The first-order valence-electron chi connectivity index (χ1n) is 8.33. The number of rotatable bonds is 4. The molecule has 1 aromatic rings. The number of hydrogen-bond donors (Lipinski definition) is 2. The zero-order valence-corrected chi connectivity index (χ0v) is 14.2. The van der Waals surface area contributed by atoms with Crippen LogP contribution < -0.4 is 15.5 Å². The minimum absolute atomic E-state index is 0.0255. The van der Waals surface area contributed by atoms with Crippen LogP contribution in [0.3, 0.4) is 0 Å². The molecule has 2 unspecified atom stereocenters. The second-order valence-corrected chi connectivity index (χ2v) is 6.42. The van der Waals surface area contributed by atoms with Crippen molar-refractivity contribution in [2.45, 2.75) is 31.8 Å². The summed E-state index contributed by atoms with van der Waals surface area (Å²) in [5.74, 6) is -2.63. The lowest BCUT2D eigenvalue weighted by atomic mass is 9.89. The van der Waals surface area contributed by atoms with Crippen LogP contribution in [0.2, 0.25) is 0 Å². The van der Waals surface area contributed by atoms with Crippen molar-refractivity contribution < 1.29 is 27.9 Å². The summed E-state index contributed by atoms with van der Waals surface area (Å²) in [6, 6.07) is 2.15. The maximum absolute atomic E-state index is 14.5. The van der Waals surface area contributed by atoms with Gasteiger partial charge in [-0.25, -0.2) is 13.6 Å². The van der Waals surface area contributed by atoms with Gasteiger partial charge < -0.3 is 15.4 Å². The van der Waals surface area contributed by atoms with Crippen LogP contribution in [-0.2, 0) is 14.3 Å². The molecule has 3 amide bonds. The predicted molar refractivity (Wildman–Crippen MR) is 87.6 cm³/mol. The van der Waals surface area contributed by atoms with E-state index in [0.717, 1.165) is 17.0 Å². The SMILES string of the molecule is CC(=O)NCC1CN(c2cc(F)c(C3CCNC(=O)C3)c(F)c2)C(=O)O1. The van der Waals surface area contributed by atoms with Gasteiger partial charge in [0.05, 0.1) is 18.8 Å². The van der Waals surface area contributed by atoms with Gasteiger partial charge in [-0.05, 0) is 18.6 Å². The quantitative estimate of drug-likeness (QED) is 0.843. The molecule has 2 N–H and O–H groups in total. The third-order valence-electron chi connectivity index (χ3n) is 4.48. The molecular weight excluding hydrogens is 348 g/mol. The maximum Gasteiger partial charge on any atom is 0.414 e. The minimum Gasteiger partial charge on any atom is -0.442 e. The molecule has 2 aliphatic rings. The number of nitrogens with zero attached hydrogens (tertiary/aromatic N) is 1. The Balaban J connectivity index is 1.78. The number of amides is 3. The smallest absolute Gasteiger partial charge is 0.414 e. The molecule has 7 nitrogen and oxygen atoms in total. The van der Waals surface area contributed by atoms with Crippen molar-refractivity contribution >= 4 is 23.6 Å². The third kappa shape index (κ3) is 3.76. The molecule has 140 valence electrons. The van der Waals surface area contributed by atoms with Gasteiger partial charge in [0.15, 0.2) is 0 Å². The highest BCUT2D eigenvalue weighted by molar-refractivity contribution is 5.90. The second-order valence-electron chi connectivity index (χ2n) is 6.42. The van der Waals surface area contributed by atoms with E-state index in [4.69, 9.17) is 4.74 Å².